The van der Waals surface area contributed by atoms with Crippen LogP contribution in [0, 0.1) is 0 Å². The van der Waals surface area contributed by atoms with Gasteiger partial charge in [-0.3, -0.25) is 10.1 Å². The molecule has 1 heterocycles. The Kier molecular flexibility index (Phi) is 4.95. The highest BCUT2D eigenvalue weighted by Gasteiger charge is 2.26. The number of benzene rings is 1. The van der Waals surface area contributed by atoms with Crippen molar-refractivity contribution in [1.29, 1.82) is 0 Å². The molecule has 2 aromatic rings. The summed E-state index contributed by atoms with van der Waals surface area (Å²) in [5.74, 6) is 0.252. The Labute approximate surface area is 151 Å². The number of hydrogen-bond donors (Lipinski definition) is 1. The molecule has 0 radical (unpaired) electrons. The molecular formula is C17H21N3O3S2. The average Bonchev–Trinajstić information content (AvgIpc) is 3.34. The van der Waals surface area contributed by atoms with Crippen LogP contribution in [0.2, 0.25) is 0 Å². The summed E-state index contributed by atoms with van der Waals surface area (Å²) >= 11 is 1.41. The van der Waals surface area contributed by atoms with Crippen LogP contribution in [-0.4, -0.2) is 36.7 Å². The van der Waals surface area contributed by atoms with Gasteiger partial charge in [-0.15, -0.1) is 11.3 Å². The lowest BCUT2D eigenvalue weighted by Crippen LogP contribution is -2.33. The van der Waals surface area contributed by atoms with E-state index < -0.39 is 10.0 Å². The maximum atomic E-state index is 12.4. The summed E-state index contributed by atoms with van der Waals surface area (Å²) in [6.07, 6.45) is 2.33. The summed E-state index contributed by atoms with van der Waals surface area (Å²) in [6.45, 7) is 3.62. The van der Waals surface area contributed by atoms with Gasteiger partial charge in [0.1, 0.15) is 0 Å². The molecule has 0 spiro atoms. The predicted molar refractivity (Wildman–Crippen MR) is 98.6 cm³/mol. The SMILES string of the molecule is CC(C)N(C)S(=O)(=O)c1ccc(C(=O)Nc2nc(C3CC3)cs2)cc1. The highest BCUT2D eigenvalue weighted by atomic mass is 32.2. The Hall–Kier alpha value is -1.77. The molecule has 8 heteroatoms. The standard InChI is InChI=1S/C17H21N3O3S2/c1-11(2)20(3)25(22,23)14-8-6-13(7-9-14)16(21)19-17-18-15(10-24-17)12-4-5-12/h6-12H,4-5H2,1-3H3,(H,18,19,21). The van der Waals surface area contributed by atoms with Crippen molar-refractivity contribution in [3.05, 3.63) is 40.9 Å². The molecule has 0 atom stereocenters. The van der Waals surface area contributed by atoms with Crippen LogP contribution in [0.15, 0.2) is 34.5 Å². The van der Waals surface area contributed by atoms with Crippen molar-refractivity contribution in [2.75, 3.05) is 12.4 Å². The number of aromatic nitrogens is 1. The lowest BCUT2D eigenvalue weighted by Gasteiger charge is -2.20. The Morgan fingerprint density at radius 3 is 2.48 bits per heavy atom. The van der Waals surface area contributed by atoms with E-state index in [0.717, 1.165) is 18.5 Å². The molecule has 1 fully saturated rings. The highest BCUT2D eigenvalue weighted by molar-refractivity contribution is 7.89. The van der Waals surface area contributed by atoms with Crippen molar-refractivity contribution in [2.24, 2.45) is 0 Å². The Balaban J connectivity index is 1.71. The number of rotatable bonds is 6. The van der Waals surface area contributed by atoms with E-state index in [1.807, 2.05) is 19.2 Å². The summed E-state index contributed by atoms with van der Waals surface area (Å²) < 4.78 is 26.2. The van der Waals surface area contributed by atoms with Crippen molar-refractivity contribution >= 4 is 32.4 Å². The third-order valence-corrected chi connectivity index (χ3v) is 7.08. The topological polar surface area (TPSA) is 79.4 Å². The van der Waals surface area contributed by atoms with E-state index in [-0.39, 0.29) is 16.8 Å². The normalized spacial score (nSPS) is 14.9. The average molecular weight is 380 g/mol. The van der Waals surface area contributed by atoms with Crippen LogP contribution >= 0.6 is 11.3 Å². The molecule has 6 nitrogen and oxygen atoms in total. The van der Waals surface area contributed by atoms with Gasteiger partial charge >= 0.3 is 0 Å². The molecule has 1 aliphatic carbocycles. The second-order valence-corrected chi connectivity index (χ2v) is 9.30. The first-order valence-corrected chi connectivity index (χ1v) is 10.5. The summed E-state index contributed by atoms with van der Waals surface area (Å²) in [7, 11) is -2.01. The molecule has 1 aliphatic rings. The van der Waals surface area contributed by atoms with Gasteiger partial charge in [-0.2, -0.15) is 4.31 Å². The number of carbonyl (C=O) groups excluding carboxylic acids is 1. The molecule has 0 unspecified atom stereocenters. The monoisotopic (exact) mass is 379 g/mol. The van der Waals surface area contributed by atoms with Gasteiger partial charge in [-0.25, -0.2) is 13.4 Å². The zero-order valence-electron chi connectivity index (χ0n) is 14.4. The Morgan fingerprint density at radius 2 is 1.92 bits per heavy atom. The van der Waals surface area contributed by atoms with Crippen molar-refractivity contribution in [3.8, 4) is 0 Å². The van der Waals surface area contributed by atoms with E-state index in [0.29, 0.717) is 16.6 Å². The zero-order chi connectivity index (χ0) is 18.2. The first-order chi connectivity index (χ1) is 11.8. The molecule has 1 N–H and O–H groups in total. The fourth-order valence-corrected chi connectivity index (χ4v) is 4.46. The minimum atomic E-state index is -3.55. The maximum absolute atomic E-state index is 12.4. The highest BCUT2D eigenvalue weighted by Crippen LogP contribution is 2.40. The van der Waals surface area contributed by atoms with Crippen molar-refractivity contribution in [3.63, 3.8) is 0 Å². The maximum Gasteiger partial charge on any atom is 0.257 e. The largest absolute Gasteiger partial charge is 0.298 e. The third-order valence-electron chi connectivity index (χ3n) is 4.26. The number of nitrogens with zero attached hydrogens (tertiary/aromatic N) is 2. The second kappa shape index (κ2) is 6.86. The second-order valence-electron chi connectivity index (χ2n) is 6.45. The number of carbonyl (C=O) groups is 1. The molecule has 0 saturated heterocycles. The summed E-state index contributed by atoms with van der Waals surface area (Å²) in [5.41, 5.74) is 1.44. The lowest BCUT2D eigenvalue weighted by atomic mass is 10.2. The van der Waals surface area contributed by atoms with Crippen LogP contribution in [0.1, 0.15) is 48.7 Å². The molecular weight excluding hydrogens is 358 g/mol. The molecule has 0 aliphatic heterocycles. The number of anilines is 1. The molecule has 25 heavy (non-hydrogen) atoms. The van der Waals surface area contributed by atoms with E-state index in [1.54, 1.807) is 7.05 Å². The summed E-state index contributed by atoms with van der Waals surface area (Å²) in [5, 5.41) is 5.32. The van der Waals surface area contributed by atoms with Gasteiger partial charge in [0, 0.05) is 30.0 Å². The van der Waals surface area contributed by atoms with E-state index in [4.69, 9.17) is 0 Å². The van der Waals surface area contributed by atoms with E-state index >= 15 is 0 Å². The Bertz CT molecular complexity index is 869. The van der Waals surface area contributed by atoms with Gasteiger partial charge in [0.15, 0.2) is 5.13 Å². The quantitative estimate of drug-likeness (QED) is 0.835. The third kappa shape index (κ3) is 3.91. The van der Waals surface area contributed by atoms with Crippen molar-refractivity contribution < 1.29 is 13.2 Å². The first kappa shape index (κ1) is 18.0. The summed E-state index contributed by atoms with van der Waals surface area (Å²) in [4.78, 5) is 16.9. The van der Waals surface area contributed by atoms with Crippen molar-refractivity contribution in [2.45, 2.75) is 43.5 Å². The number of sulfonamides is 1. The fourth-order valence-electron chi connectivity index (χ4n) is 2.30. The molecule has 3 rings (SSSR count). The minimum Gasteiger partial charge on any atom is -0.298 e. The first-order valence-electron chi connectivity index (χ1n) is 8.14. The van der Waals surface area contributed by atoms with E-state index in [1.165, 1.54) is 39.9 Å². The van der Waals surface area contributed by atoms with Gasteiger partial charge in [0.2, 0.25) is 10.0 Å². The van der Waals surface area contributed by atoms with Crippen LogP contribution in [-0.2, 0) is 10.0 Å². The van der Waals surface area contributed by atoms with Crippen LogP contribution in [0.5, 0.6) is 0 Å². The van der Waals surface area contributed by atoms with Gasteiger partial charge < -0.3 is 0 Å². The Morgan fingerprint density at radius 1 is 1.28 bits per heavy atom. The van der Waals surface area contributed by atoms with Crippen LogP contribution in [0.3, 0.4) is 0 Å². The number of thiazole rings is 1. The predicted octanol–water partition coefficient (Wildman–Crippen LogP) is 3.30. The molecule has 1 aromatic carbocycles. The van der Waals surface area contributed by atoms with Crippen LogP contribution in [0.25, 0.3) is 0 Å². The van der Waals surface area contributed by atoms with Crippen LogP contribution in [0.4, 0.5) is 5.13 Å². The number of hydrogen-bond acceptors (Lipinski definition) is 5. The molecule has 0 bridgehead atoms. The summed E-state index contributed by atoms with van der Waals surface area (Å²) in [6, 6.07) is 5.82. The fraction of sp³-hybridized carbons (Fsp3) is 0.412. The van der Waals surface area contributed by atoms with Gasteiger partial charge in [-0.1, -0.05) is 0 Å². The minimum absolute atomic E-state index is 0.140. The van der Waals surface area contributed by atoms with Crippen molar-refractivity contribution in [1.82, 2.24) is 9.29 Å². The lowest BCUT2D eigenvalue weighted by molar-refractivity contribution is 0.102. The van der Waals surface area contributed by atoms with E-state index in [9.17, 15) is 13.2 Å². The number of nitrogens with one attached hydrogen (secondary N) is 1. The zero-order valence-corrected chi connectivity index (χ0v) is 16.0. The van der Waals surface area contributed by atoms with Gasteiger partial charge in [-0.05, 0) is 51.0 Å². The molecule has 1 aromatic heterocycles. The smallest absolute Gasteiger partial charge is 0.257 e. The van der Waals surface area contributed by atoms with E-state index in [2.05, 4.69) is 10.3 Å². The van der Waals surface area contributed by atoms with Gasteiger partial charge in [0.05, 0.1) is 10.6 Å². The molecule has 1 saturated carbocycles. The molecule has 134 valence electrons. The van der Waals surface area contributed by atoms with Crippen LogP contribution < -0.4 is 5.32 Å². The number of amides is 1. The van der Waals surface area contributed by atoms with Gasteiger partial charge in [0.25, 0.3) is 5.91 Å². The molecule has 1 amide bonds.